The van der Waals surface area contributed by atoms with E-state index in [1.165, 1.54) is 0 Å². The van der Waals surface area contributed by atoms with Crippen molar-refractivity contribution in [2.75, 3.05) is 0 Å². The molecule has 11 heavy (non-hydrogen) atoms. The lowest BCUT2D eigenvalue weighted by molar-refractivity contribution is 0.553. The second-order valence-corrected chi connectivity index (χ2v) is 2.83. The highest BCUT2D eigenvalue weighted by Gasteiger charge is 2.10. The summed E-state index contributed by atoms with van der Waals surface area (Å²) in [6, 6.07) is 0. The van der Waals surface area contributed by atoms with Crippen molar-refractivity contribution in [3.05, 3.63) is 0 Å². The highest BCUT2D eigenvalue weighted by Crippen LogP contribution is 2.12. The SMILES string of the molecule is CCCC(CCC)C(N)=NN. The lowest BCUT2D eigenvalue weighted by Crippen LogP contribution is -2.25. The Hall–Kier alpha value is -0.730. The number of hydrogen-bond acceptors (Lipinski definition) is 2. The molecular weight excluding hydrogens is 138 g/mol. The normalized spacial score (nSPS) is 12.5. The van der Waals surface area contributed by atoms with E-state index in [-0.39, 0.29) is 0 Å². The minimum Gasteiger partial charge on any atom is -0.386 e. The van der Waals surface area contributed by atoms with E-state index in [2.05, 4.69) is 18.9 Å². The second kappa shape index (κ2) is 6.01. The highest BCUT2D eigenvalue weighted by atomic mass is 15.2. The predicted molar refractivity (Wildman–Crippen MR) is 49.1 cm³/mol. The van der Waals surface area contributed by atoms with Gasteiger partial charge in [-0.05, 0) is 12.8 Å². The van der Waals surface area contributed by atoms with Crippen molar-refractivity contribution in [3.63, 3.8) is 0 Å². The molecule has 0 fully saturated rings. The zero-order valence-electron chi connectivity index (χ0n) is 7.51. The molecule has 3 heteroatoms. The first-order valence-corrected chi connectivity index (χ1v) is 4.29. The zero-order chi connectivity index (χ0) is 8.69. The van der Waals surface area contributed by atoms with Gasteiger partial charge in [0.2, 0.25) is 0 Å². The van der Waals surface area contributed by atoms with E-state index in [4.69, 9.17) is 11.6 Å². The molecule has 3 nitrogen and oxygen atoms in total. The van der Waals surface area contributed by atoms with Crippen LogP contribution < -0.4 is 11.6 Å². The molecule has 0 aromatic rings. The van der Waals surface area contributed by atoms with Crippen LogP contribution in [0.1, 0.15) is 39.5 Å². The summed E-state index contributed by atoms with van der Waals surface area (Å²) in [6.45, 7) is 4.29. The zero-order valence-corrected chi connectivity index (χ0v) is 7.51. The van der Waals surface area contributed by atoms with Crippen molar-refractivity contribution in [1.29, 1.82) is 0 Å². The van der Waals surface area contributed by atoms with E-state index in [1.807, 2.05) is 0 Å². The molecule has 0 spiro atoms. The standard InChI is InChI=1S/C8H19N3/c1-3-5-7(6-4-2)8(9)11-10/h7H,3-6,10H2,1-2H3,(H2,9,11). The molecular formula is C8H19N3. The lowest BCUT2D eigenvalue weighted by atomic mass is 9.97. The second-order valence-electron chi connectivity index (χ2n) is 2.83. The van der Waals surface area contributed by atoms with Gasteiger partial charge in [0.1, 0.15) is 5.84 Å². The maximum absolute atomic E-state index is 5.61. The van der Waals surface area contributed by atoms with Gasteiger partial charge < -0.3 is 11.6 Å². The lowest BCUT2D eigenvalue weighted by Gasteiger charge is -2.12. The summed E-state index contributed by atoms with van der Waals surface area (Å²) in [5.74, 6) is 6.10. The first kappa shape index (κ1) is 10.3. The number of hydrazone groups is 1. The van der Waals surface area contributed by atoms with Crippen LogP contribution >= 0.6 is 0 Å². The van der Waals surface area contributed by atoms with Crippen LogP contribution in [-0.4, -0.2) is 5.84 Å². The van der Waals surface area contributed by atoms with Crippen LogP contribution in [0.3, 0.4) is 0 Å². The molecule has 0 atom stereocenters. The first-order chi connectivity index (χ1) is 5.26. The van der Waals surface area contributed by atoms with E-state index >= 15 is 0 Å². The number of hydrogen-bond donors (Lipinski definition) is 2. The summed E-state index contributed by atoms with van der Waals surface area (Å²) in [6.07, 6.45) is 4.47. The molecule has 4 N–H and O–H groups in total. The van der Waals surface area contributed by atoms with Crippen molar-refractivity contribution in [2.45, 2.75) is 39.5 Å². The molecule has 0 amide bonds. The van der Waals surface area contributed by atoms with Crippen molar-refractivity contribution in [1.82, 2.24) is 0 Å². The first-order valence-electron chi connectivity index (χ1n) is 4.29. The third-order valence-corrected chi connectivity index (χ3v) is 1.84. The third-order valence-electron chi connectivity index (χ3n) is 1.84. The molecule has 0 unspecified atom stereocenters. The Bertz CT molecular complexity index is 115. The number of amidine groups is 1. The van der Waals surface area contributed by atoms with Crippen LogP contribution in [0.2, 0.25) is 0 Å². The maximum Gasteiger partial charge on any atom is 0.122 e. The van der Waals surface area contributed by atoms with Gasteiger partial charge in [-0.25, -0.2) is 0 Å². The fourth-order valence-electron chi connectivity index (χ4n) is 1.24. The fraction of sp³-hybridized carbons (Fsp3) is 0.875. The average Bonchev–Trinajstić information content (AvgIpc) is 2.03. The van der Waals surface area contributed by atoms with Crippen LogP contribution in [-0.2, 0) is 0 Å². The summed E-state index contributed by atoms with van der Waals surface area (Å²) in [5.41, 5.74) is 5.61. The van der Waals surface area contributed by atoms with Crippen LogP contribution in [0.25, 0.3) is 0 Å². The van der Waals surface area contributed by atoms with Gasteiger partial charge in [-0.1, -0.05) is 26.7 Å². The molecule has 0 aliphatic carbocycles. The van der Waals surface area contributed by atoms with Gasteiger partial charge in [-0.3, -0.25) is 0 Å². The van der Waals surface area contributed by atoms with E-state index in [1.54, 1.807) is 0 Å². The largest absolute Gasteiger partial charge is 0.386 e. The number of nitrogens with zero attached hydrogens (tertiary/aromatic N) is 1. The minimum atomic E-state index is 0.398. The fourth-order valence-corrected chi connectivity index (χ4v) is 1.24. The Morgan fingerprint density at radius 1 is 1.27 bits per heavy atom. The summed E-state index contributed by atoms with van der Waals surface area (Å²) in [5, 5.41) is 3.52. The van der Waals surface area contributed by atoms with Crippen LogP contribution in [0, 0.1) is 5.92 Å². The molecule has 0 aromatic heterocycles. The summed E-state index contributed by atoms with van der Waals surface area (Å²) in [4.78, 5) is 0. The Morgan fingerprint density at radius 2 is 1.73 bits per heavy atom. The molecule has 66 valence electrons. The Balaban J connectivity index is 3.87. The molecule has 0 saturated heterocycles. The number of rotatable bonds is 5. The minimum absolute atomic E-state index is 0.398. The van der Waals surface area contributed by atoms with E-state index in [0.29, 0.717) is 11.8 Å². The van der Waals surface area contributed by atoms with Crippen molar-refractivity contribution in [3.8, 4) is 0 Å². The van der Waals surface area contributed by atoms with Gasteiger partial charge in [0.05, 0.1) is 0 Å². The predicted octanol–water partition coefficient (Wildman–Crippen LogP) is 1.43. The van der Waals surface area contributed by atoms with Crippen LogP contribution in [0.15, 0.2) is 5.10 Å². The molecule has 0 rings (SSSR count). The summed E-state index contributed by atoms with van der Waals surface area (Å²) >= 11 is 0. The average molecular weight is 157 g/mol. The summed E-state index contributed by atoms with van der Waals surface area (Å²) < 4.78 is 0. The van der Waals surface area contributed by atoms with Gasteiger partial charge in [-0.15, -0.1) is 0 Å². The molecule has 0 bridgehead atoms. The van der Waals surface area contributed by atoms with Crippen LogP contribution in [0.5, 0.6) is 0 Å². The van der Waals surface area contributed by atoms with E-state index in [0.717, 1.165) is 25.7 Å². The molecule has 0 aromatic carbocycles. The smallest absolute Gasteiger partial charge is 0.122 e. The van der Waals surface area contributed by atoms with Gasteiger partial charge in [-0.2, -0.15) is 5.10 Å². The molecule has 0 aliphatic rings. The van der Waals surface area contributed by atoms with Gasteiger partial charge in [0.25, 0.3) is 0 Å². The molecule has 0 radical (unpaired) electrons. The molecule has 0 saturated carbocycles. The quantitative estimate of drug-likeness (QED) is 0.274. The maximum atomic E-state index is 5.61. The molecule has 0 aliphatic heterocycles. The van der Waals surface area contributed by atoms with Crippen molar-refractivity contribution in [2.24, 2.45) is 22.6 Å². The van der Waals surface area contributed by atoms with E-state index < -0.39 is 0 Å². The van der Waals surface area contributed by atoms with Crippen molar-refractivity contribution >= 4 is 5.84 Å². The Kier molecular flexibility index (Phi) is 5.61. The van der Waals surface area contributed by atoms with Crippen LogP contribution in [0.4, 0.5) is 0 Å². The Labute approximate surface area is 68.8 Å². The van der Waals surface area contributed by atoms with Crippen molar-refractivity contribution < 1.29 is 0 Å². The van der Waals surface area contributed by atoms with Gasteiger partial charge in [0.15, 0.2) is 0 Å². The topological polar surface area (TPSA) is 64.4 Å². The van der Waals surface area contributed by atoms with E-state index in [9.17, 15) is 0 Å². The highest BCUT2D eigenvalue weighted by molar-refractivity contribution is 5.82. The third kappa shape index (κ3) is 3.86. The monoisotopic (exact) mass is 157 g/mol. The number of nitrogens with two attached hydrogens (primary N) is 2. The molecule has 0 heterocycles. The van der Waals surface area contributed by atoms with Gasteiger partial charge in [0, 0.05) is 5.92 Å². The Morgan fingerprint density at radius 3 is 2.00 bits per heavy atom. The van der Waals surface area contributed by atoms with Gasteiger partial charge >= 0.3 is 0 Å². The summed E-state index contributed by atoms with van der Waals surface area (Å²) in [7, 11) is 0.